The van der Waals surface area contributed by atoms with Crippen LogP contribution in [0.4, 0.5) is 4.39 Å². The molecule has 0 spiro atoms. The first-order chi connectivity index (χ1) is 9.78. The van der Waals surface area contributed by atoms with Gasteiger partial charge >= 0.3 is 5.69 Å². The highest BCUT2D eigenvalue weighted by Crippen LogP contribution is 2.31. The molecule has 0 unspecified atom stereocenters. The smallest absolute Gasteiger partial charge is 0.308 e. The highest BCUT2D eigenvalue weighted by atomic mass is 32.2. The van der Waals surface area contributed by atoms with E-state index in [-0.39, 0.29) is 17.0 Å². The average molecular weight is 310 g/mol. The van der Waals surface area contributed by atoms with Gasteiger partial charge in [0.15, 0.2) is 5.16 Å². The van der Waals surface area contributed by atoms with Crippen LogP contribution in [0.5, 0.6) is 0 Å². The highest BCUT2D eigenvalue weighted by Gasteiger charge is 2.16. The van der Waals surface area contributed by atoms with E-state index in [4.69, 9.17) is 0 Å². The quantitative estimate of drug-likeness (QED) is 0.909. The van der Waals surface area contributed by atoms with E-state index < -0.39 is 0 Å². The lowest BCUT2D eigenvalue weighted by Gasteiger charge is -2.21. The second kappa shape index (κ2) is 6.03. The SMILES string of the molecule is Cn1c(Sc2c(F)cccc2CNC(C)(C)C)n[nH]c1=O. The Balaban J connectivity index is 2.29. The number of H-pyrrole nitrogens is 1. The van der Waals surface area contributed by atoms with Crippen LogP contribution in [0.2, 0.25) is 0 Å². The standard InChI is InChI=1S/C14H19FN4OS/c1-14(2,3)16-8-9-6-5-7-10(15)11(9)21-13-18-17-12(20)19(13)4/h5-7,16H,8H2,1-4H3,(H,17,20). The fourth-order valence-corrected chi connectivity index (χ4v) is 2.61. The van der Waals surface area contributed by atoms with Gasteiger partial charge in [0.25, 0.3) is 0 Å². The predicted octanol–water partition coefficient (Wildman–Crippen LogP) is 2.29. The summed E-state index contributed by atoms with van der Waals surface area (Å²) in [6, 6.07) is 4.96. The fraction of sp³-hybridized carbons (Fsp3) is 0.429. The van der Waals surface area contributed by atoms with Crippen molar-refractivity contribution in [2.45, 2.75) is 42.9 Å². The van der Waals surface area contributed by atoms with Crippen LogP contribution in [0.3, 0.4) is 0 Å². The van der Waals surface area contributed by atoms with Crippen LogP contribution >= 0.6 is 11.8 Å². The van der Waals surface area contributed by atoms with Crippen LogP contribution < -0.4 is 11.0 Å². The molecule has 2 aromatic rings. The van der Waals surface area contributed by atoms with Gasteiger partial charge in [0.2, 0.25) is 0 Å². The van der Waals surface area contributed by atoms with Gasteiger partial charge in [-0.2, -0.15) is 0 Å². The van der Waals surface area contributed by atoms with Crippen molar-refractivity contribution in [3.8, 4) is 0 Å². The van der Waals surface area contributed by atoms with E-state index in [1.165, 1.54) is 10.6 Å². The molecule has 21 heavy (non-hydrogen) atoms. The molecule has 2 N–H and O–H groups in total. The number of halogens is 1. The first kappa shape index (κ1) is 15.8. The van der Waals surface area contributed by atoms with E-state index in [1.54, 1.807) is 13.1 Å². The molecular formula is C14H19FN4OS. The summed E-state index contributed by atoms with van der Waals surface area (Å²) in [5.41, 5.74) is 0.460. The lowest BCUT2D eigenvalue weighted by Crippen LogP contribution is -2.35. The minimum Gasteiger partial charge on any atom is -0.308 e. The topological polar surface area (TPSA) is 62.7 Å². The molecule has 1 aromatic heterocycles. The molecular weight excluding hydrogens is 291 g/mol. The van der Waals surface area contributed by atoms with Gasteiger partial charge in [0.1, 0.15) is 5.82 Å². The molecule has 5 nitrogen and oxygen atoms in total. The van der Waals surface area contributed by atoms with E-state index in [9.17, 15) is 9.18 Å². The highest BCUT2D eigenvalue weighted by molar-refractivity contribution is 7.99. The van der Waals surface area contributed by atoms with E-state index in [0.29, 0.717) is 16.6 Å². The second-order valence-electron chi connectivity index (χ2n) is 5.80. The van der Waals surface area contributed by atoms with Crippen LogP contribution in [-0.2, 0) is 13.6 Å². The second-order valence-corrected chi connectivity index (χ2v) is 6.78. The van der Waals surface area contributed by atoms with Crippen molar-refractivity contribution in [3.63, 3.8) is 0 Å². The van der Waals surface area contributed by atoms with Crippen LogP contribution in [0.25, 0.3) is 0 Å². The van der Waals surface area contributed by atoms with Crippen molar-refractivity contribution < 1.29 is 4.39 Å². The summed E-state index contributed by atoms with van der Waals surface area (Å²) in [5.74, 6) is -0.316. The number of nitrogens with one attached hydrogen (secondary N) is 2. The molecule has 7 heteroatoms. The van der Waals surface area contributed by atoms with Gasteiger partial charge in [-0.1, -0.05) is 12.1 Å². The van der Waals surface area contributed by atoms with Crippen molar-refractivity contribution in [1.82, 2.24) is 20.1 Å². The Kier molecular flexibility index (Phi) is 4.53. The molecule has 0 fully saturated rings. The average Bonchev–Trinajstić information content (AvgIpc) is 2.70. The predicted molar refractivity (Wildman–Crippen MR) is 80.9 cm³/mol. The van der Waals surface area contributed by atoms with Gasteiger partial charge in [0.05, 0.1) is 4.90 Å². The molecule has 0 saturated heterocycles. The molecule has 114 valence electrons. The molecule has 0 amide bonds. The first-order valence-corrected chi connectivity index (χ1v) is 7.41. The van der Waals surface area contributed by atoms with Crippen LogP contribution in [0, 0.1) is 5.82 Å². The molecule has 2 rings (SSSR count). The lowest BCUT2D eigenvalue weighted by atomic mass is 10.1. The monoisotopic (exact) mass is 310 g/mol. The molecule has 1 aromatic carbocycles. The summed E-state index contributed by atoms with van der Waals surface area (Å²) in [4.78, 5) is 11.9. The van der Waals surface area contributed by atoms with Gasteiger partial charge < -0.3 is 5.32 Å². The fourth-order valence-electron chi connectivity index (χ4n) is 1.68. The maximum absolute atomic E-state index is 14.1. The molecule has 0 radical (unpaired) electrons. The minimum absolute atomic E-state index is 0.0621. The van der Waals surface area contributed by atoms with Gasteiger partial charge in [0, 0.05) is 19.1 Å². The number of aromatic amines is 1. The third-order valence-electron chi connectivity index (χ3n) is 2.89. The maximum atomic E-state index is 14.1. The van der Waals surface area contributed by atoms with Crippen LogP contribution in [0.1, 0.15) is 26.3 Å². The van der Waals surface area contributed by atoms with E-state index in [2.05, 4.69) is 36.3 Å². The Morgan fingerprint density at radius 2 is 2.14 bits per heavy atom. The lowest BCUT2D eigenvalue weighted by molar-refractivity contribution is 0.421. The Morgan fingerprint density at radius 3 is 2.71 bits per heavy atom. The molecule has 0 saturated carbocycles. The van der Waals surface area contributed by atoms with E-state index >= 15 is 0 Å². The van der Waals surface area contributed by atoms with Crippen LogP contribution in [0.15, 0.2) is 33.0 Å². The molecule has 1 heterocycles. The largest absolute Gasteiger partial charge is 0.343 e. The minimum atomic E-state index is -0.316. The van der Waals surface area contributed by atoms with Gasteiger partial charge in [-0.05, 0) is 44.2 Å². The number of nitrogens with zero attached hydrogens (tertiary/aromatic N) is 2. The van der Waals surface area contributed by atoms with Crippen molar-refractivity contribution in [2.75, 3.05) is 0 Å². The molecule has 0 atom stereocenters. The van der Waals surface area contributed by atoms with Gasteiger partial charge in [-0.25, -0.2) is 14.3 Å². The third-order valence-corrected chi connectivity index (χ3v) is 4.10. The summed E-state index contributed by atoms with van der Waals surface area (Å²) in [5, 5.41) is 10.0. The number of hydrogen-bond donors (Lipinski definition) is 2. The van der Waals surface area contributed by atoms with Gasteiger partial charge in [-0.15, -0.1) is 5.10 Å². The summed E-state index contributed by atoms with van der Waals surface area (Å²) in [6.45, 7) is 6.70. The third kappa shape index (κ3) is 3.95. The first-order valence-electron chi connectivity index (χ1n) is 6.59. The van der Waals surface area contributed by atoms with E-state index in [0.717, 1.165) is 17.3 Å². The van der Waals surface area contributed by atoms with E-state index in [1.807, 2.05) is 6.07 Å². The Morgan fingerprint density at radius 1 is 1.43 bits per heavy atom. The summed E-state index contributed by atoms with van der Waals surface area (Å²) >= 11 is 1.14. The molecule has 0 aliphatic heterocycles. The summed E-state index contributed by atoms with van der Waals surface area (Å²) < 4.78 is 15.5. The maximum Gasteiger partial charge on any atom is 0.343 e. The van der Waals surface area contributed by atoms with Crippen molar-refractivity contribution in [3.05, 3.63) is 40.1 Å². The number of benzene rings is 1. The zero-order valence-electron chi connectivity index (χ0n) is 12.5. The van der Waals surface area contributed by atoms with Crippen LogP contribution in [-0.4, -0.2) is 20.3 Å². The van der Waals surface area contributed by atoms with Crippen molar-refractivity contribution in [2.24, 2.45) is 7.05 Å². The zero-order chi connectivity index (χ0) is 15.6. The van der Waals surface area contributed by atoms with Gasteiger partial charge in [-0.3, -0.25) is 4.57 Å². The Labute approximate surface area is 127 Å². The summed E-state index contributed by atoms with van der Waals surface area (Å²) in [7, 11) is 1.60. The number of rotatable bonds is 4. The molecule has 0 aliphatic carbocycles. The number of hydrogen-bond acceptors (Lipinski definition) is 4. The normalized spacial score (nSPS) is 11.9. The zero-order valence-corrected chi connectivity index (χ0v) is 13.3. The Hall–Kier alpha value is -1.60. The number of aromatic nitrogens is 3. The van der Waals surface area contributed by atoms with Crippen molar-refractivity contribution >= 4 is 11.8 Å². The Bertz CT molecular complexity index is 687. The molecule has 0 aliphatic rings. The molecule has 0 bridgehead atoms. The van der Waals surface area contributed by atoms with Crippen molar-refractivity contribution in [1.29, 1.82) is 0 Å². The summed E-state index contributed by atoms with van der Waals surface area (Å²) in [6.07, 6.45) is 0.